The van der Waals surface area contributed by atoms with Gasteiger partial charge >= 0.3 is 0 Å². The molecule has 0 atom stereocenters. The van der Waals surface area contributed by atoms with Crippen molar-refractivity contribution in [3.05, 3.63) is 45.4 Å². The first-order valence-electron chi connectivity index (χ1n) is 5.52. The number of benzene rings is 1. The molecule has 0 aliphatic rings. The van der Waals surface area contributed by atoms with Crippen LogP contribution in [-0.4, -0.2) is 9.97 Å². The van der Waals surface area contributed by atoms with Gasteiger partial charge in [-0.3, -0.25) is 0 Å². The largest absolute Gasteiger partial charge is 0.326 e. The van der Waals surface area contributed by atoms with Gasteiger partial charge in [-0.25, -0.2) is 14.4 Å². The highest BCUT2D eigenvalue weighted by Crippen LogP contribution is 2.27. The predicted molar refractivity (Wildman–Crippen MR) is 72.5 cm³/mol. The molecular weight excluding hydrogens is 297 g/mol. The Balaban J connectivity index is 2.61. The summed E-state index contributed by atoms with van der Waals surface area (Å²) in [6.45, 7) is 4.17. The zero-order valence-electron chi connectivity index (χ0n) is 10.2. The smallest absolute Gasteiger partial charge is 0.160 e. The Kier molecular flexibility index (Phi) is 3.73. The van der Waals surface area contributed by atoms with Crippen LogP contribution < -0.4 is 5.73 Å². The molecule has 5 heteroatoms. The molecule has 2 aromatic rings. The van der Waals surface area contributed by atoms with Crippen LogP contribution in [0.2, 0.25) is 0 Å². The number of nitrogens with zero attached hydrogens (tertiary/aromatic N) is 2. The first-order chi connectivity index (χ1) is 8.52. The Morgan fingerprint density at radius 1 is 1.22 bits per heavy atom. The van der Waals surface area contributed by atoms with Gasteiger partial charge in [0.1, 0.15) is 5.82 Å². The molecule has 0 bridgehead atoms. The molecule has 1 heterocycles. The third kappa shape index (κ3) is 2.42. The lowest BCUT2D eigenvalue weighted by molar-refractivity contribution is 0.628. The zero-order chi connectivity index (χ0) is 13.3. The molecule has 0 fully saturated rings. The quantitative estimate of drug-likeness (QED) is 0.927. The molecular formula is C13H13BrFN3. The van der Waals surface area contributed by atoms with E-state index in [1.54, 1.807) is 6.07 Å². The van der Waals surface area contributed by atoms with Gasteiger partial charge < -0.3 is 5.73 Å². The highest BCUT2D eigenvalue weighted by Gasteiger charge is 2.12. The van der Waals surface area contributed by atoms with Crippen LogP contribution in [0.25, 0.3) is 11.4 Å². The lowest BCUT2D eigenvalue weighted by atomic mass is 10.1. The van der Waals surface area contributed by atoms with E-state index in [1.807, 2.05) is 13.8 Å². The molecule has 1 aromatic heterocycles. The van der Waals surface area contributed by atoms with Crippen molar-refractivity contribution in [2.45, 2.75) is 20.4 Å². The Hall–Kier alpha value is -1.33. The minimum absolute atomic E-state index is 0.310. The maximum absolute atomic E-state index is 13.3. The number of nitrogens with two attached hydrogens (primary N) is 1. The average Bonchev–Trinajstić information content (AvgIpc) is 2.32. The minimum atomic E-state index is -0.310. The molecule has 2 N–H and O–H groups in total. The van der Waals surface area contributed by atoms with Crippen LogP contribution in [0.1, 0.15) is 17.0 Å². The standard InChI is InChI=1S/C13H13BrFN3/c1-7-11(6-16)8(2)18-13(17-7)10-5-9(15)3-4-12(10)14/h3-5H,6,16H2,1-2H3. The summed E-state index contributed by atoms with van der Waals surface area (Å²) < 4.78 is 14.0. The van der Waals surface area contributed by atoms with E-state index in [9.17, 15) is 4.39 Å². The Morgan fingerprint density at radius 2 is 1.83 bits per heavy atom. The van der Waals surface area contributed by atoms with E-state index in [1.165, 1.54) is 12.1 Å². The molecule has 0 amide bonds. The van der Waals surface area contributed by atoms with Crippen LogP contribution in [-0.2, 0) is 6.54 Å². The number of hydrogen-bond donors (Lipinski definition) is 1. The second kappa shape index (κ2) is 5.12. The van der Waals surface area contributed by atoms with E-state index in [-0.39, 0.29) is 5.82 Å². The molecule has 0 saturated carbocycles. The van der Waals surface area contributed by atoms with Gasteiger partial charge in [0.05, 0.1) is 0 Å². The predicted octanol–water partition coefficient (Wildman–Crippen LogP) is 3.12. The van der Waals surface area contributed by atoms with Crippen LogP contribution in [0.15, 0.2) is 22.7 Å². The lowest BCUT2D eigenvalue weighted by Crippen LogP contribution is -2.07. The lowest BCUT2D eigenvalue weighted by Gasteiger charge is -2.10. The molecule has 3 nitrogen and oxygen atoms in total. The summed E-state index contributed by atoms with van der Waals surface area (Å²) >= 11 is 3.38. The molecule has 0 aliphatic carbocycles. The molecule has 0 unspecified atom stereocenters. The van der Waals surface area contributed by atoms with Crippen molar-refractivity contribution < 1.29 is 4.39 Å². The maximum Gasteiger partial charge on any atom is 0.160 e. The second-order valence-corrected chi connectivity index (χ2v) is 4.88. The first-order valence-corrected chi connectivity index (χ1v) is 6.32. The molecule has 1 aromatic carbocycles. The molecule has 0 radical (unpaired) electrons. The fourth-order valence-electron chi connectivity index (χ4n) is 1.82. The van der Waals surface area contributed by atoms with Crippen molar-refractivity contribution in [3.8, 4) is 11.4 Å². The highest BCUT2D eigenvalue weighted by atomic mass is 79.9. The number of hydrogen-bond acceptors (Lipinski definition) is 3. The van der Waals surface area contributed by atoms with Crippen LogP contribution in [0.3, 0.4) is 0 Å². The molecule has 18 heavy (non-hydrogen) atoms. The summed E-state index contributed by atoms with van der Waals surface area (Å²) in [7, 11) is 0. The van der Waals surface area contributed by atoms with Crippen molar-refractivity contribution in [3.63, 3.8) is 0 Å². The van der Waals surface area contributed by atoms with E-state index in [2.05, 4.69) is 25.9 Å². The van der Waals surface area contributed by atoms with Crippen LogP contribution >= 0.6 is 15.9 Å². The summed E-state index contributed by atoms with van der Waals surface area (Å²) in [5, 5.41) is 0. The van der Waals surface area contributed by atoms with E-state index in [0.29, 0.717) is 17.9 Å². The van der Waals surface area contributed by atoms with Crippen molar-refractivity contribution in [2.75, 3.05) is 0 Å². The monoisotopic (exact) mass is 309 g/mol. The van der Waals surface area contributed by atoms with Gasteiger partial charge in [-0.05, 0) is 32.0 Å². The minimum Gasteiger partial charge on any atom is -0.326 e. The third-order valence-electron chi connectivity index (χ3n) is 2.79. The fourth-order valence-corrected chi connectivity index (χ4v) is 2.25. The van der Waals surface area contributed by atoms with Gasteiger partial charge in [-0.1, -0.05) is 15.9 Å². The average molecular weight is 310 g/mol. The van der Waals surface area contributed by atoms with Gasteiger partial charge in [-0.15, -0.1) is 0 Å². The molecule has 0 spiro atoms. The molecule has 0 aliphatic heterocycles. The fraction of sp³-hybridized carbons (Fsp3) is 0.231. The van der Waals surface area contributed by atoms with Crippen LogP contribution in [0.4, 0.5) is 4.39 Å². The SMILES string of the molecule is Cc1nc(-c2cc(F)ccc2Br)nc(C)c1CN. The molecule has 2 rings (SSSR count). The van der Waals surface area contributed by atoms with Crippen molar-refractivity contribution in [1.29, 1.82) is 0 Å². The molecule has 0 saturated heterocycles. The Bertz CT molecular complexity index is 576. The van der Waals surface area contributed by atoms with Gasteiger partial charge in [0.15, 0.2) is 5.82 Å². The Morgan fingerprint density at radius 3 is 2.39 bits per heavy atom. The zero-order valence-corrected chi connectivity index (χ0v) is 11.8. The van der Waals surface area contributed by atoms with Crippen LogP contribution in [0, 0.1) is 19.7 Å². The van der Waals surface area contributed by atoms with Crippen molar-refractivity contribution >= 4 is 15.9 Å². The van der Waals surface area contributed by atoms with Gasteiger partial charge in [0, 0.05) is 33.5 Å². The summed E-state index contributed by atoms with van der Waals surface area (Å²) in [6, 6.07) is 4.46. The van der Waals surface area contributed by atoms with Crippen molar-refractivity contribution in [1.82, 2.24) is 9.97 Å². The summed E-state index contributed by atoms with van der Waals surface area (Å²) in [5.74, 6) is 0.198. The van der Waals surface area contributed by atoms with E-state index in [0.717, 1.165) is 21.4 Å². The topological polar surface area (TPSA) is 51.8 Å². The second-order valence-electron chi connectivity index (χ2n) is 4.02. The number of rotatable bonds is 2. The maximum atomic E-state index is 13.3. The van der Waals surface area contributed by atoms with Gasteiger partial charge in [0.2, 0.25) is 0 Å². The Labute approximate surface area is 113 Å². The highest BCUT2D eigenvalue weighted by molar-refractivity contribution is 9.10. The van der Waals surface area contributed by atoms with Gasteiger partial charge in [-0.2, -0.15) is 0 Å². The first kappa shape index (κ1) is 13.1. The van der Waals surface area contributed by atoms with Crippen LogP contribution in [0.5, 0.6) is 0 Å². The van der Waals surface area contributed by atoms with Gasteiger partial charge in [0.25, 0.3) is 0 Å². The number of aryl methyl sites for hydroxylation is 2. The number of aromatic nitrogens is 2. The number of halogens is 2. The summed E-state index contributed by atoms with van der Waals surface area (Å²) in [5.41, 5.74) is 8.88. The summed E-state index contributed by atoms with van der Waals surface area (Å²) in [4.78, 5) is 8.78. The van der Waals surface area contributed by atoms with Crippen molar-refractivity contribution in [2.24, 2.45) is 5.73 Å². The summed E-state index contributed by atoms with van der Waals surface area (Å²) in [6.07, 6.45) is 0. The third-order valence-corrected chi connectivity index (χ3v) is 3.49. The van der Waals surface area contributed by atoms with E-state index >= 15 is 0 Å². The van der Waals surface area contributed by atoms with E-state index < -0.39 is 0 Å². The normalized spacial score (nSPS) is 10.7. The molecule has 94 valence electrons. The van der Waals surface area contributed by atoms with E-state index in [4.69, 9.17) is 5.73 Å².